The lowest BCUT2D eigenvalue weighted by atomic mass is 10.1. The summed E-state index contributed by atoms with van der Waals surface area (Å²) in [5.74, 6) is 0.113. The van der Waals surface area contributed by atoms with Gasteiger partial charge in [-0.2, -0.15) is 0 Å². The van der Waals surface area contributed by atoms with Gasteiger partial charge in [-0.1, -0.05) is 41.9 Å². The maximum Gasteiger partial charge on any atom is 0.223 e. The Morgan fingerprint density at radius 3 is 2.53 bits per heavy atom. The van der Waals surface area contributed by atoms with Crippen LogP contribution in [0.1, 0.15) is 32.4 Å². The van der Waals surface area contributed by atoms with Gasteiger partial charge in [0.1, 0.15) is 0 Å². The highest BCUT2D eigenvalue weighted by Gasteiger charge is 2.12. The molecule has 1 atom stereocenters. The molecule has 2 nitrogen and oxygen atoms in total. The molecule has 1 aromatic carbocycles. The third-order valence-electron chi connectivity index (χ3n) is 2.23. The maximum atomic E-state index is 11.5. The van der Waals surface area contributed by atoms with Crippen LogP contribution >= 0.6 is 15.9 Å². The van der Waals surface area contributed by atoms with Crippen molar-refractivity contribution in [2.75, 3.05) is 0 Å². The summed E-state index contributed by atoms with van der Waals surface area (Å²) >= 11 is 3.41. The number of halogens is 1. The van der Waals surface area contributed by atoms with Crippen LogP contribution in [0.3, 0.4) is 0 Å². The van der Waals surface area contributed by atoms with Crippen LogP contribution in [0.5, 0.6) is 0 Å². The summed E-state index contributed by atoms with van der Waals surface area (Å²) in [6, 6.07) is 8.02. The van der Waals surface area contributed by atoms with Gasteiger partial charge in [0.2, 0.25) is 5.91 Å². The van der Waals surface area contributed by atoms with Crippen molar-refractivity contribution in [3.8, 4) is 0 Å². The van der Waals surface area contributed by atoms with Crippen molar-refractivity contribution in [3.05, 3.63) is 34.3 Å². The van der Waals surface area contributed by atoms with E-state index in [-0.39, 0.29) is 17.9 Å². The van der Waals surface area contributed by atoms with Crippen molar-refractivity contribution in [2.24, 2.45) is 5.92 Å². The molecule has 0 heterocycles. The summed E-state index contributed by atoms with van der Waals surface area (Å²) in [5, 5.41) is 2.96. The number of hydrogen-bond acceptors (Lipinski definition) is 1. The van der Waals surface area contributed by atoms with E-state index in [4.69, 9.17) is 0 Å². The van der Waals surface area contributed by atoms with Gasteiger partial charge in [-0.25, -0.2) is 0 Å². The predicted molar refractivity (Wildman–Crippen MR) is 65.5 cm³/mol. The van der Waals surface area contributed by atoms with Crippen LogP contribution in [0.15, 0.2) is 28.7 Å². The van der Waals surface area contributed by atoms with Gasteiger partial charge in [0, 0.05) is 10.4 Å². The van der Waals surface area contributed by atoms with E-state index in [1.165, 1.54) is 0 Å². The second-order valence-electron chi connectivity index (χ2n) is 3.94. The average molecular weight is 270 g/mol. The molecule has 0 saturated heterocycles. The predicted octanol–water partition coefficient (Wildman–Crippen LogP) is 3.28. The van der Waals surface area contributed by atoms with Crippen LogP contribution in [0.25, 0.3) is 0 Å². The minimum atomic E-state index is 0.0274. The summed E-state index contributed by atoms with van der Waals surface area (Å²) < 4.78 is 1.03. The Morgan fingerprint density at radius 2 is 2.00 bits per heavy atom. The van der Waals surface area contributed by atoms with Gasteiger partial charge < -0.3 is 5.32 Å². The van der Waals surface area contributed by atoms with Crippen LogP contribution in [0.4, 0.5) is 0 Å². The molecule has 0 fully saturated rings. The maximum absolute atomic E-state index is 11.5. The van der Waals surface area contributed by atoms with Gasteiger partial charge in [-0.05, 0) is 24.6 Å². The van der Waals surface area contributed by atoms with Crippen molar-refractivity contribution in [1.29, 1.82) is 0 Å². The number of rotatable bonds is 3. The van der Waals surface area contributed by atoms with Gasteiger partial charge in [0.25, 0.3) is 0 Å². The van der Waals surface area contributed by atoms with E-state index in [1.54, 1.807) is 0 Å². The highest BCUT2D eigenvalue weighted by molar-refractivity contribution is 9.10. The third-order valence-corrected chi connectivity index (χ3v) is 2.73. The normalized spacial score (nSPS) is 12.6. The molecule has 82 valence electrons. The molecule has 3 heteroatoms. The van der Waals surface area contributed by atoms with Crippen LogP contribution in [-0.2, 0) is 4.79 Å². The fraction of sp³-hybridized carbons (Fsp3) is 0.417. The van der Waals surface area contributed by atoms with Gasteiger partial charge in [0.05, 0.1) is 6.04 Å². The summed E-state index contributed by atoms with van der Waals surface area (Å²) in [4.78, 5) is 11.5. The molecule has 1 amide bonds. The van der Waals surface area contributed by atoms with Gasteiger partial charge >= 0.3 is 0 Å². The van der Waals surface area contributed by atoms with Gasteiger partial charge in [-0.15, -0.1) is 0 Å². The second kappa shape index (κ2) is 5.31. The monoisotopic (exact) mass is 269 g/mol. The van der Waals surface area contributed by atoms with E-state index < -0.39 is 0 Å². The van der Waals surface area contributed by atoms with Crippen LogP contribution in [-0.4, -0.2) is 5.91 Å². The summed E-state index contributed by atoms with van der Waals surface area (Å²) in [7, 11) is 0. The highest BCUT2D eigenvalue weighted by atomic mass is 79.9. The molecular formula is C12H16BrNO. The molecule has 0 aromatic heterocycles. The summed E-state index contributed by atoms with van der Waals surface area (Å²) in [6.45, 7) is 5.77. The molecule has 0 unspecified atom stereocenters. The zero-order valence-electron chi connectivity index (χ0n) is 9.25. The van der Waals surface area contributed by atoms with E-state index in [0.717, 1.165) is 10.0 Å². The standard InChI is InChI=1S/C12H16BrNO/c1-8(2)12(15)14-9(3)10-5-4-6-11(13)7-10/h4-9H,1-3H3,(H,14,15)/t9-/m1/s1. The molecule has 1 aromatic rings. The van der Waals surface area contributed by atoms with E-state index in [1.807, 2.05) is 45.0 Å². The number of carbonyl (C=O) groups is 1. The minimum absolute atomic E-state index is 0.0274. The first-order valence-electron chi connectivity index (χ1n) is 5.06. The Kier molecular flexibility index (Phi) is 4.33. The van der Waals surface area contributed by atoms with E-state index in [2.05, 4.69) is 21.2 Å². The lowest BCUT2D eigenvalue weighted by molar-refractivity contribution is -0.124. The van der Waals surface area contributed by atoms with E-state index >= 15 is 0 Å². The van der Waals surface area contributed by atoms with Crippen LogP contribution < -0.4 is 5.32 Å². The van der Waals surface area contributed by atoms with Crippen molar-refractivity contribution in [2.45, 2.75) is 26.8 Å². The first-order chi connectivity index (χ1) is 7.00. The first-order valence-corrected chi connectivity index (χ1v) is 5.86. The van der Waals surface area contributed by atoms with Gasteiger partial charge in [-0.3, -0.25) is 4.79 Å². The van der Waals surface area contributed by atoms with Crippen molar-refractivity contribution in [3.63, 3.8) is 0 Å². The van der Waals surface area contributed by atoms with Crippen LogP contribution in [0, 0.1) is 5.92 Å². The Bertz CT molecular complexity index is 349. The zero-order chi connectivity index (χ0) is 11.4. The fourth-order valence-electron chi connectivity index (χ4n) is 1.24. The Hall–Kier alpha value is -0.830. The molecule has 0 aliphatic carbocycles. The number of nitrogens with one attached hydrogen (secondary N) is 1. The quantitative estimate of drug-likeness (QED) is 0.897. The molecule has 1 N–H and O–H groups in total. The highest BCUT2D eigenvalue weighted by Crippen LogP contribution is 2.18. The molecule has 1 rings (SSSR count). The molecule has 0 spiro atoms. The SMILES string of the molecule is CC(C)C(=O)N[C@H](C)c1cccc(Br)c1. The summed E-state index contributed by atoms with van der Waals surface area (Å²) in [6.07, 6.45) is 0. The fourth-order valence-corrected chi connectivity index (χ4v) is 1.66. The topological polar surface area (TPSA) is 29.1 Å². The largest absolute Gasteiger partial charge is 0.349 e. The number of carbonyl (C=O) groups excluding carboxylic acids is 1. The molecule has 0 bridgehead atoms. The Morgan fingerprint density at radius 1 is 1.33 bits per heavy atom. The third kappa shape index (κ3) is 3.67. The Labute approximate surface area is 99.2 Å². The van der Waals surface area contributed by atoms with Crippen LogP contribution in [0.2, 0.25) is 0 Å². The minimum Gasteiger partial charge on any atom is -0.349 e. The lowest BCUT2D eigenvalue weighted by Gasteiger charge is -2.16. The van der Waals surface area contributed by atoms with Crippen molar-refractivity contribution < 1.29 is 4.79 Å². The van der Waals surface area contributed by atoms with E-state index in [9.17, 15) is 4.79 Å². The smallest absolute Gasteiger partial charge is 0.223 e. The van der Waals surface area contributed by atoms with Gasteiger partial charge in [0.15, 0.2) is 0 Å². The zero-order valence-corrected chi connectivity index (χ0v) is 10.8. The molecule has 0 aliphatic rings. The molecular weight excluding hydrogens is 254 g/mol. The first kappa shape index (κ1) is 12.2. The summed E-state index contributed by atoms with van der Waals surface area (Å²) in [5.41, 5.74) is 1.11. The van der Waals surface area contributed by atoms with Crippen molar-refractivity contribution in [1.82, 2.24) is 5.32 Å². The molecule has 0 aliphatic heterocycles. The Balaban J connectivity index is 2.69. The average Bonchev–Trinajstić information content (AvgIpc) is 2.17. The second-order valence-corrected chi connectivity index (χ2v) is 4.86. The lowest BCUT2D eigenvalue weighted by Crippen LogP contribution is -2.30. The molecule has 0 saturated carbocycles. The number of hydrogen-bond donors (Lipinski definition) is 1. The van der Waals surface area contributed by atoms with E-state index in [0.29, 0.717) is 0 Å². The molecule has 15 heavy (non-hydrogen) atoms. The number of amides is 1. The van der Waals surface area contributed by atoms with Crippen molar-refractivity contribution >= 4 is 21.8 Å². The molecule has 0 radical (unpaired) electrons. The number of benzene rings is 1.